The Bertz CT molecular complexity index is 1360. The molecule has 10 heteroatoms. The molecule has 0 aliphatic carbocycles. The van der Waals surface area contributed by atoms with Crippen LogP contribution < -0.4 is 21.3 Å². The van der Waals surface area contributed by atoms with E-state index in [1.54, 1.807) is 16.8 Å². The number of hydrogen-bond acceptors (Lipinski definition) is 7. The number of nitrogens with one attached hydrogen (secondary N) is 1. The van der Waals surface area contributed by atoms with Crippen LogP contribution in [-0.2, 0) is 19.5 Å². The van der Waals surface area contributed by atoms with Crippen molar-refractivity contribution in [1.82, 2.24) is 19.9 Å². The van der Waals surface area contributed by atoms with Crippen LogP contribution in [0.15, 0.2) is 70.3 Å². The first-order chi connectivity index (χ1) is 16.4. The molecule has 0 atom stereocenters. The molecule has 9 nitrogen and oxygen atoms in total. The number of carbonyl (C=O) groups is 1. The van der Waals surface area contributed by atoms with Gasteiger partial charge in [-0.1, -0.05) is 30.3 Å². The summed E-state index contributed by atoms with van der Waals surface area (Å²) in [6.07, 6.45) is 4.70. The Morgan fingerprint density at radius 1 is 1.15 bits per heavy atom. The average molecular weight is 463 g/mol. The summed E-state index contributed by atoms with van der Waals surface area (Å²) in [7, 11) is 1.30. The second kappa shape index (κ2) is 9.99. The number of oxazole rings is 1. The van der Waals surface area contributed by atoms with E-state index in [9.17, 15) is 14.0 Å². The van der Waals surface area contributed by atoms with Crippen LogP contribution in [0.2, 0.25) is 0 Å². The Balaban J connectivity index is 1.35. The van der Waals surface area contributed by atoms with Crippen LogP contribution in [0.1, 0.15) is 33.3 Å². The molecule has 0 unspecified atom stereocenters. The van der Waals surface area contributed by atoms with E-state index in [-0.39, 0.29) is 35.0 Å². The number of aromatic nitrogens is 3. The average Bonchev–Trinajstić information content (AvgIpc) is 3.30. The van der Waals surface area contributed by atoms with Gasteiger partial charge >= 0.3 is 0 Å². The lowest BCUT2D eigenvalue weighted by Crippen LogP contribution is -2.23. The van der Waals surface area contributed by atoms with E-state index in [2.05, 4.69) is 15.3 Å². The van der Waals surface area contributed by atoms with Crippen molar-refractivity contribution in [2.24, 2.45) is 0 Å². The first-order valence-corrected chi connectivity index (χ1v) is 10.4. The van der Waals surface area contributed by atoms with Crippen LogP contribution in [0.4, 0.5) is 10.1 Å². The molecule has 1 aromatic carbocycles. The fourth-order valence-electron chi connectivity index (χ4n) is 3.32. The predicted octanol–water partition coefficient (Wildman–Crippen LogP) is 2.53. The minimum absolute atomic E-state index is 0.00195. The Morgan fingerprint density at radius 3 is 2.65 bits per heavy atom. The summed E-state index contributed by atoms with van der Waals surface area (Å²) < 4.78 is 26.4. The van der Waals surface area contributed by atoms with Crippen LogP contribution in [0.3, 0.4) is 0 Å². The van der Waals surface area contributed by atoms with Gasteiger partial charge in [-0.15, -0.1) is 0 Å². The summed E-state index contributed by atoms with van der Waals surface area (Å²) in [6, 6.07) is 12.7. The molecule has 174 valence electrons. The van der Waals surface area contributed by atoms with Gasteiger partial charge in [0.1, 0.15) is 0 Å². The highest BCUT2D eigenvalue weighted by Crippen LogP contribution is 2.25. The molecule has 4 rings (SSSR count). The number of anilines is 1. The monoisotopic (exact) mass is 463 g/mol. The second-order valence-corrected chi connectivity index (χ2v) is 7.47. The molecular formula is C24H22FN5O4. The topological polar surface area (TPSA) is 125 Å². The first-order valence-electron chi connectivity index (χ1n) is 10.4. The zero-order chi connectivity index (χ0) is 24.1. The van der Waals surface area contributed by atoms with Gasteiger partial charge in [0.05, 0.1) is 44.0 Å². The lowest BCUT2D eigenvalue weighted by Gasteiger charge is -2.09. The van der Waals surface area contributed by atoms with Crippen LogP contribution in [0.5, 0.6) is 5.75 Å². The summed E-state index contributed by atoms with van der Waals surface area (Å²) in [5, 5.41) is 2.54. The number of rotatable bonds is 8. The Labute approximate surface area is 194 Å². The third kappa shape index (κ3) is 5.12. The SMILES string of the molecule is COc1c(N)cnc(CNC(=O)c2cnc(Cc3ccc(Cn4ccccc4=O)cc3)o2)c1F. The smallest absolute Gasteiger partial charge is 0.289 e. The van der Waals surface area contributed by atoms with Gasteiger partial charge in [0.15, 0.2) is 17.5 Å². The second-order valence-electron chi connectivity index (χ2n) is 7.47. The Morgan fingerprint density at radius 2 is 1.91 bits per heavy atom. The van der Waals surface area contributed by atoms with Gasteiger partial charge in [-0.05, 0) is 17.2 Å². The molecule has 0 spiro atoms. The molecule has 0 fully saturated rings. The van der Waals surface area contributed by atoms with E-state index in [4.69, 9.17) is 14.9 Å². The molecule has 34 heavy (non-hydrogen) atoms. The van der Waals surface area contributed by atoms with Gasteiger partial charge in [-0.3, -0.25) is 14.6 Å². The number of hydrogen-bond donors (Lipinski definition) is 2. The van der Waals surface area contributed by atoms with Gasteiger partial charge in [-0.25, -0.2) is 9.37 Å². The Kier molecular flexibility index (Phi) is 6.67. The molecule has 0 aliphatic heterocycles. The first kappa shape index (κ1) is 22.7. The largest absolute Gasteiger partial charge is 0.491 e. The molecule has 0 saturated carbocycles. The predicted molar refractivity (Wildman–Crippen MR) is 122 cm³/mol. The summed E-state index contributed by atoms with van der Waals surface area (Å²) in [6.45, 7) is 0.294. The van der Waals surface area contributed by atoms with Crippen molar-refractivity contribution >= 4 is 11.6 Å². The van der Waals surface area contributed by atoms with E-state index < -0.39 is 11.7 Å². The van der Waals surface area contributed by atoms with Crippen LogP contribution in [0, 0.1) is 5.82 Å². The van der Waals surface area contributed by atoms with Crippen molar-refractivity contribution in [2.75, 3.05) is 12.8 Å². The number of methoxy groups -OCH3 is 1. The fourth-order valence-corrected chi connectivity index (χ4v) is 3.32. The molecule has 1 amide bonds. The maximum Gasteiger partial charge on any atom is 0.289 e. The molecule has 3 heterocycles. The molecule has 0 saturated heterocycles. The van der Waals surface area contributed by atoms with Crippen molar-refractivity contribution in [3.8, 4) is 5.75 Å². The zero-order valence-corrected chi connectivity index (χ0v) is 18.3. The number of pyridine rings is 2. The molecular weight excluding hydrogens is 441 g/mol. The highest BCUT2D eigenvalue weighted by atomic mass is 19.1. The van der Waals surface area contributed by atoms with Crippen LogP contribution in [0.25, 0.3) is 0 Å². The van der Waals surface area contributed by atoms with E-state index in [1.807, 2.05) is 30.3 Å². The van der Waals surface area contributed by atoms with Gasteiger partial charge < -0.3 is 24.8 Å². The lowest BCUT2D eigenvalue weighted by atomic mass is 10.1. The maximum atomic E-state index is 14.3. The van der Waals surface area contributed by atoms with Crippen molar-refractivity contribution in [3.05, 3.63) is 106 Å². The normalized spacial score (nSPS) is 10.8. The molecule has 3 N–H and O–H groups in total. The van der Waals surface area contributed by atoms with E-state index in [0.29, 0.717) is 18.9 Å². The standard InChI is InChI=1S/C24H22FN5O4/c1-33-23-17(26)11-27-18(22(23)25)12-29-24(32)19-13-28-20(34-19)10-15-5-7-16(8-6-15)14-30-9-3-2-4-21(30)31/h2-9,11,13H,10,12,14,26H2,1H3,(H,29,32). The van der Waals surface area contributed by atoms with Gasteiger partial charge in [0.2, 0.25) is 5.76 Å². The fraction of sp³-hybridized carbons (Fsp3) is 0.167. The number of ether oxygens (including phenoxy) is 1. The minimum atomic E-state index is -0.735. The van der Waals surface area contributed by atoms with Gasteiger partial charge in [-0.2, -0.15) is 0 Å². The third-order valence-electron chi connectivity index (χ3n) is 5.10. The number of nitrogen functional groups attached to an aromatic ring is 1. The summed E-state index contributed by atoms with van der Waals surface area (Å²) in [4.78, 5) is 32.3. The van der Waals surface area contributed by atoms with E-state index in [0.717, 1.165) is 11.1 Å². The molecule has 0 bridgehead atoms. The molecule has 0 aliphatic rings. The maximum absolute atomic E-state index is 14.3. The molecule has 4 aromatic rings. The van der Waals surface area contributed by atoms with Gasteiger partial charge in [0, 0.05) is 18.7 Å². The minimum Gasteiger partial charge on any atom is -0.491 e. The lowest BCUT2D eigenvalue weighted by molar-refractivity contribution is 0.0920. The number of benzene rings is 1. The summed E-state index contributed by atoms with van der Waals surface area (Å²) >= 11 is 0. The number of carbonyl (C=O) groups excluding carboxylic acids is 1. The number of nitrogens with two attached hydrogens (primary N) is 1. The van der Waals surface area contributed by atoms with E-state index >= 15 is 0 Å². The summed E-state index contributed by atoms with van der Waals surface area (Å²) in [5.74, 6) is -1.06. The number of nitrogens with zero attached hydrogens (tertiary/aromatic N) is 3. The van der Waals surface area contributed by atoms with Gasteiger partial charge in [0.25, 0.3) is 11.5 Å². The zero-order valence-electron chi connectivity index (χ0n) is 18.3. The molecule has 0 radical (unpaired) electrons. The van der Waals surface area contributed by atoms with E-state index in [1.165, 1.54) is 25.6 Å². The third-order valence-corrected chi connectivity index (χ3v) is 5.10. The molecule has 3 aromatic heterocycles. The van der Waals surface area contributed by atoms with Crippen molar-refractivity contribution in [3.63, 3.8) is 0 Å². The highest BCUT2D eigenvalue weighted by Gasteiger charge is 2.17. The Hall–Kier alpha value is -4.47. The van der Waals surface area contributed by atoms with Crippen molar-refractivity contribution in [1.29, 1.82) is 0 Å². The highest BCUT2D eigenvalue weighted by molar-refractivity contribution is 5.91. The number of amides is 1. The van der Waals surface area contributed by atoms with Crippen molar-refractivity contribution < 1.29 is 18.3 Å². The number of halogens is 1. The van der Waals surface area contributed by atoms with Crippen molar-refractivity contribution in [2.45, 2.75) is 19.5 Å². The van der Waals surface area contributed by atoms with Crippen LogP contribution >= 0.6 is 0 Å². The quantitative estimate of drug-likeness (QED) is 0.411. The summed E-state index contributed by atoms with van der Waals surface area (Å²) in [5.41, 5.74) is 7.50. The van der Waals surface area contributed by atoms with Crippen LogP contribution in [-0.4, -0.2) is 27.6 Å².